The molecule has 0 spiro atoms. The van der Waals surface area contributed by atoms with Crippen molar-refractivity contribution in [2.45, 2.75) is 12.1 Å². The highest BCUT2D eigenvalue weighted by Crippen LogP contribution is 2.49. The van der Waals surface area contributed by atoms with E-state index in [-0.39, 0.29) is 28.3 Å². The van der Waals surface area contributed by atoms with Crippen molar-refractivity contribution in [3.05, 3.63) is 89.3 Å². The van der Waals surface area contributed by atoms with E-state index in [4.69, 9.17) is 0 Å². The molecule has 2 aliphatic rings. The van der Waals surface area contributed by atoms with Gasteiger partial charge in [0.2, 0.25) is 0 Å². The molecule has 0 saturated carbocycles. The Balaban J connectivity index is 1.85. The third-order valence-corrected chi connectivity index (χ3v) is 6.70. The molecule has 1 aromatic carbocycles. The van der Waals surface area contributed by atoms with E-state index in [2.05, 4.69) is 5.32 Å². The lowest BCUT2D eigenvalue weighted by Gasteiger charge is -2.29. The number of thiophene rings is 1. The fourth-order valence-corrected chi connectivity index (χ4v) is 5.05. The molecule has 0 saturated heterocycles. The number of ketones is 1. The molecule has 31 heavy (non-hydrogen) atoms. The number of allylic oxidation sites excluding steroid dienone is 1. The van der Waals surface area contributed by atoms with Gasteiger partial charge in [-0.15, -0.1) is 11.3 Å². The zero-order valence-corrected chi connectivity index (χ0v) is 17.0. The number of hydrogen-bond acceptors (Lipinski definition) is 5. The average Bonchev–Trinajstić information content (AvgIpc) is 3.34. The van der Waals surface area contributed by atoms with Crippen molar-refractivity contribution in [2.24, 2.45) is 14.1 Å². The number of halogens is 3. The zero-order chi connectivity index (χ0) is 22.2. The van der Waals surface area contributed by atoms with Gasteiger partial charge in [0, 0.05) is 36.7 Å². The minimum atomic E-state index is -4.55. The lowest BCUT2D eigenvalue weighted by molar-refractivity contribution is -0.134. The van der Waals surface area contributed by atoms with Crippen molar-refractivity contribution in [3.63, 3.8) is 0 Å². The first-order chi connectivity index (χ1) is 14.6. The lowest BCUT2D eigenvalue weighted by Crippen LogP contribution is -2.42. The molecule has 1 aliphatic carbocycles. The van der Waals surface area contributed by atoms with Crippen LogP contribution in [0.15, 0.2) is 50.9 Å². The third kappa shape index (κ3) is 2.61. The van der Waals surface area contributed by atoms with Crippen LogP contribution in [0.25, 0.3) is 5.70 Å². The van der Waals surface area contributed by atoms with E-state index in [1.165, 1.54) is 24.0 Å². The van der Waals surface area contributed by atoms with Crippen LogP contribution < -0.4 is 16.6 Å². The van der Waals surface area contributed by atoms with Crippen molar-refractivity contribution >= 4 is 28.6 Å². The molecule has 1 aliphatic heterocycles. The number of anilines is 1. The van der Waals surface area contributed by atoms with Crippen LogP contribution in [0.3, 0.4) is 0 Å². The van der Waals surface area contributed by atoms with Crippen LogP contribution in [0, 0.1) is 0 Å². The van der Waals surface area contributed by atoms with E-state index >= 15 is 0 Å². The Morgan fingerprint density at radius 1 is 1.03 bits per heavy atom. The summed E-state index contributed by atoms with van der Waals surface area (Å²) in [4.78, 5) is 38.1. The largest absolute Gasteiger partial charge is 0.425 e. The van der Waals surface area contributed by atoms with Crippen LogP contribution in [-0.2, 0) is 20.3 Å². The van der Waals surface area contributed by atoms with Gasteiger partial charge in [-0.3, -0.25) is 18.7 Å². The fraction of sp³-hybridized carbons (Fsp3) is 0.190. The molecule has 6 nitrogen and oxygen atoms in total. The molecule has 158 valence electrons. The molecular formula is C21H14F3N3O3S. The normalized spacial score (nSPS) is 17.3. The summed E-state index contributed by atoms with van der Waals surface area (Å²) in [6.07, 6.45) is -4.55. The monoisotopic (exact) mass is 445 g/mol. The minimum Gasteiger partial charge on any atom is -0.340 e. The van der Waals surface area contributed by atoms with Gasteiger partial charge in [0.15, 0.2) is 5.78 Å². The fourth-order valence-electron chi connectivity index (χ4n) is 4.24. The van der Waals surface area contributed by atoms with Crippen molar-refractivity contribution in [3.8, 4) is 0 Å². The van der Waals surface area contributed by atoms with Crippen LogP contribution in [0.1, 0.15) is 37.8 Å². The quantitative estimate of drug-likeness (QED) is 0.624. The molecule has 1 atom stereocenters. The lowest BCUT2D eigenvalue weighted by atomic mass is 9.82. The van der Waals surface area contributed by atoms with Gasteiger partial charge in [-0.05, 0) is 17.0 Å². The van der Waals surface area contributed by atoms with Gasteiger partial charge < -0.3 is 5.32 Å². The number of aromatic nitrogens is 2. The predicted octanol–water partition coefficient (Wildman–Crippen LogP) is 3.33. The average molecular weight is 445 g/mol. The Kier molecular flexibility index (Phi) is 3.97. The van der Waals surface area contributed by atoms with Crippen LogP contribution in [0.2, 0.25) is 0 Å². The number of benzene rings is 1. The van der Waals surface area contributed by atoms with E-state index in [0.717, 1.165) is 10.6 Å². The standard InChI is InChI=1S/C21H14F3N3O3S/c1-26-18-15(19(29)27(2)20(26)30)13(9-7-12(31-8-9)21(22,23)24)14-16(25-18)10-5-3-4-6-11(10)17(14)28/h3-8,13,25H,1-2H3. The van der Waals surface area contributed by atoms with Crippen molar-refractivity contribution in [1.82, 2.24) is 9.13 Å². The first-order valence-corrected chi connectivity index (χ1v) is 10.1. The number of alkyl halides is 3. The third-order valence-electron chi connectivity index (χ3n) is 5.71. The number of carbonyl (C=O) groups excluding carboxylic acids is 1. The number of nitrogens with zero attached hydrogens (tertiary/aromatic N) is 2. The highest BCUT2D eigenvalue weighted by Gasteiger charge is 2.44. The molecule has 1 N–H and O–H groups in total. The van der Waals surface area contributed by atoms with Gasteiger partial charge in [0.25, 0.3) is 5.56 Å². The summed E-state index contributed by atoms with van der Waals surface area (Å²) in [6.45, 7) is 0. The van der Waals surface area contributed by atoms with Crippen LogP contribution in [0.4, 0.5) is 19.0 Å². The second-order valence-electron chi connectivity index (χ2n) is 7.43. The van der Waals surface area contributed by atoms with Gasteiger partial charge in [-0.25, -0.2) is 4.79 Å². The molecule has 1 unspecified atom stereocenters. The number of rotatable bonds is 1. The molecule has 0 amide bonds. The van der Waals surface area contributed by atoms with E-state index in [9.17, 15) is 27.6 Å². The van der Waals surface area contributed by atoms with E-state index in [0.29, 0.717) is 28.2 Å². The van der Waals surface area contributed by atoms with E-state index in [1.54, 1.807) is 24.3 Å². The Labute approximate surface area is 176 Å². The van der Waals surface area contributed by atoms with Crippen LogP contribution in [0.5, 0.6) is 0 Å². The summed E-state index contributed by atoms with van der Waals surface area (Å²) in [5.41, 5.74) is 0.588. The summed E-state index contributed by atoms with van der Waals surface area (Å²) in [5.74, 6) is -1.23. The number of carbonyl (C=O) groups is 1. The molecule has 0 bridgehead atoms. The van der Waals surface area contributed by atoms with Crippen LogP contribution >= 0.6 is 11.3 Å². The number of fused-ring (bicyclic) bond motifs is 3. The summed E-state index contributed by atoms with van der Waals surface area (Å²) in [5, 5.41) is 4.36. The molecule has 0 radical (unpaired) electrons. The van der Waals surface area contributed by atoms with E-state index < -0.39 is 28.2 Å². The number of Topliss-reactive ketones (excluding diaryl/α,β-unsaturated/α-hetero) is 1. The van der Waals surface area contributed by atoms with E-state index in [1.807, 2.05) is 0 Å². The summed E-state index contributed by atoms with van der Waals surface area (Å²) < 4.78 is 42.0. The highest BCUT2D eigenvalue weighted by molar-refractivity contribution is 7.10. The maximum absolute atomic E-state index is 13.3. The summed E-state index contributed by atoms with van der Waals surface area (Å²) in [6, 6.07) is 7.75. The Bertz CT molecular complexity index is 1440. The first-order valence-electron chi connectivity index (χ1n) is 9.22. The Hall–Kier alpha value is -3.40. The van der Waals surface area contributed by atoms with Crippen molar-refractivity contribution in [1.29, 1.82) is 0 Å². The maximum Gasteiger partial charge on any atom is 0.425 e. The molecule has 3 aromatic rings. The summed E-state index contributed by atoms with van der Waals surface area (Å²) in [7, 11) is 2.76. The topological polar surface area (TPSA) is 73.1 Å². The Morgan fingerprint density at radius 2 is 1.71 bits per heavy atom. The zero-order valence-electron chi connectivity index (χ0n) is 16.2. The second-order valence-corrected chi connectivity index (χ2v) is 8.34. The SMILES string of the molecule is Cn1c2c(c(=O)n(C)c1=O)C(c1csc(C(F)(F)F)c1)C1=C(N2)c2ccccc2C1=O. The molecule has 5 rings (SSSR count). The predicted molar refractivity (Wildman–Crippen MR) is 109 cm³/mol. The maximum atomic E-state index is 13.3. The number of nitrogens with one attached hydrogen (secondary N) is 1. The van der Waals surface area contributed by atoms with Gasteiger partial charge in [0.1, 0.15) is 10.7 Å². The van der Waals surface area contributed by atoms with Gasteiger partial charge >= 0.3 is 11.9 Å². The van der Waals surface area contributed by atoms with Crippen molar-refractivity contribution in [2.75, 3.05) is 5.32 Å². The second kappa shape index (κ2) is 6.30. The highest BCUT2D eigenvalue weighted by atomic mass is 32.1. The van der Waals surface area contributed by atoms with Crippen molar-refractivity contribution < 1.29 is 18.0 Å². The molecule has 0 fully saturated rings. The minimum absolute atomic E-state index is 0.0658. The van der Waals surface area contributed by atoms with Gasteiger partial charge in [0.05, 0.1) is 11.3 Å². The van der Waals surface area contributed by atoms with Gasteiger partial charge in [-0.1, -0.05) is 24.3 Å². The molecule has 3 heterocycles. The number of hydrogen-bond donors (Lipinski definition) is 1. The van der Waals surface area contributed by atoms with Crippen LogP contribution in [-0.4, -0.2) is 14.9 Å². The Morgan fingerprint density at radius 3 is 2.35 bits per heavy atom. The first kappa shape index (κ1) is 19.6. The summed E-state index contributed by atoms with van der Waals surface area (Å²) >= 11 is 0.505. The molecular weight excluding hydrogens is 431 g/mol. The molecule has 10 heteroatoms. The smallest absolute Gasteiger partial charge is 0.340 e. The van der Waals surface area contributed by atoms with Gasteiger partial charge in [-0.2, -0.15) is 13.2 Å². The molecule has 2 aromatic heterocycles.